The number of nitrogens with zero attached hydrogens (tertiary/aromatic N) is 4. The van der Waals surface area contributed by atoms with Gasteiger partial charge in [-0.25, -0.2) is 0 Å². The average Bonchev–Trinajstić information content (AvgIpc) is 3.34. The maximum Gasteiger partial charge on any atom is 0.252 e. The topological polar surface area (TPSA) is 89.3 Å². The Labute approximate surface area is 213 Å². The van der Waals surface area contributed by atoms with Crippen LogP contribution in [-0.2, 0) is 11.2 Å². The fourth-order valence-corrected chi connectivity index (χ4v) is 5.77. The summed E-state index contributed by atoms with van der Waals surface area (Å²) >= 11 is 7.53. The number of benzene rings is 2. The maximum absolute atomic E-state index is 13.0. The number of halogens is 1. The van der Waals surface area contributed by atoms with E-state index in [1.54, 1.807) is 24.0 Å². The number of anilines is 1. The molecule has 1 N–H and O–H groups in total. The number of nitriles is 1. The average molecular weight is 506 g/mol. The Morgan fingerprint density at radius 1 is 1.17 bits per heavy atom. The SMILES string of the molecule is N#C[C@@H]1CSCN1C(=O)CNC(=O)c1ccnc2ccc(N3CC(Cc4ccc(Cl)cc4)C3)cc12. The van der Waals surface area contributed by atoms with Crippen LogP contribution >= 0.6 is 23.4 Å². The van der Waals surface area contributed by atoms with Crippen molar-refractivity contribution in [2.75, 3.05) is 36.2 Å². The minimum atomic E-state index is -0.436. The summed E-state index contributed by atoms with van der Waals surface area (Å²) in [5.41, 5.74) is 3.54. The van der Waals surface area contributed by atoms with Crippen LogP contribution in [-0.4, -0.2) is 59.0 Å². The van der Waals surface area contributed by atoms with Crippen LogP contribution in [0.15, 0.2) is 54.7 Å². The van der Waals surface area contributed by atoms with Gasteiger partial charge < -0.3 is 15.1 Å². The first-order valence-electron chi connectivity index (χ1n) is 11.4. The molecule has 0 saturated carbocycles. The van der Waals surface area contributed by atoms with Crippen LogP contribution in [0.25, 0.3) is 10.9 Å². The molecule has 5 rings (SSSR count). The summed E-state index contributed by atoms with van der Waals surface area (Å²) in [6, 6.07) is 17.3. The van der Waals surface area contributed by atoms with Gasteiger partial charge in [0.25, 0.3) is 5.91 Å². The van der Waals surface area contributed by atoms with Gasteiger partial charge in [0.05, 0.1) is 29.6 Å². The zero-order valence-electron chi connectivity index (χ0n) is 19.0. The normalized spacial score (nSPS) is 17.8. The van der Waals surface area contributed by atoms with E-state index in [4.69, 9.17) is 11.6 Å². The third-order valence-corrected chi connectivity index (χ3v) is 7.75. The van der Waals surface area contributed by atoms with E-state index in [2.05, 4.69) is 33.4 Å². The number of pyridine rings is 1. The fourth-order valence-electron chi connectivity index (χ4n) is 4.54. The second-order valence-electron chi connectivity index (χ2n) is 8.85. The van der Waals surface area contributed by atoms with Gasteiger partial charge in [-0.05, 0) is 54.3 Å². The van der Waals surface area contributed by atoms with E-state index in [-0.39, 0.29) is 18.4 Å². The Balaban J connectivity index is 1.24. The van der Waals surface area contributed by atoms with Crippen molar-refractivity contribution in [2.24, 2.45) is 5.92 Å². The summed E-state index contributed by atoms with van der Waals surface area (Å²) in [6.07, 6.45) is 2.61. The molecule has 3 aromatic rings. The minimum Gasteiger partial charge on any atom is -0.371 e. The highest BCUT2D eigenvalue weighted by Gasteiger charge is 2.30. The van der Waals surface area contributed by atoms with Gasteiger partial charge in [0, 0.05) is 41.1 Å². The summed E-state index contributed by atoms with van der Waals surface area (Å²) in [5, 5.41) is 13.4. The molecule has 35 heavy (non-hydrogen) atoms. The van der Waals surface area contributed by atoms with Crippen molar-refractivity contribution in [3.63, 3.8) is 0 Å². The highest BCUT2D eigenvalue weighted by molar-refractivity contribution is 7.99. The largest absolute Gasteiger partial charge is 0.371 e. The van der Waals surface area contributed by atoms with Crippen molar-refractivity contribution in [3.8, 4) is 6.07 Å². The number of thioether (sulfide) groups is 1. The first-order valence-corrected chi connectivity index (χ1v) is 13.0. The van der Waals surface area contributed by atoms with Gasteiger partial charge in [-0.1, -0.05) is 23.7 Å². The standard InChI is InChI=1S/C26H24ClN5O2S/c27-19-3-1-17(2-4-19)9-18-13-31(14-18)20-5-6-24-23(10-20)22(7-8-29-24)26(34)30-12-25(33)32-16-35-15-21(32)11-28/h1-8,10,18,21H,9,12-16H2,(H,30,34)/t21-/m1/s1. The smallest absolute Gasteiger partial charge is 0.252 e. The van der Waals surface area contributed by atoms with Gasteiger partial charge in [0.15, 0.2) is 0 Å². The Morgan fingerprint density at radius 2 is 1.97 bits per heavy atom. The summed E-state index contributed by atoms with van der Waals surface area (Å²) in [6.45, 7) is 1.75. The number of aromatic nitrogens is 1. The Kier molecular flexibility index (Phi) is 6.80. The Morgan fingerprint density at radius 3 is 2.74 bits per heavy atom. The number of fused-ring (bicyclic) bond motifs is 1. The third kappa shape index (κ3) is 5.07. The van der Waals surface area contributed by atoms with Gasteiger partial charge in [-0.15, -0.1) is 11.8 Å². The summed E-state index contributed by atoms with van der Waals surface area (Å²) in [7, 11) is 0. The van der Waals surface area contributed by atoms with Crippen molar-refractivity contribution < 1.29 is 9.59 Å². The van der Waals surface area contributed by atoms with E-state index in [9.17, 15) is 14.9 Å². The molecule has 0 unspecified atom stereocenters. The van der Waals surface area contributed by atoms with Crippen LogP contribution in [0.2, 0.25) is 5.02 Å². The molecule has 2 aliphatic heterocycles. The van der Waals surface area contributed by atoms with Crippen LogP contribution in [0.1, 0.15) is 15.9 Å². The lowest BCUT2D eigenvalue weighted by Crippen LogP contribution is -2.47. The molecule has 0 bridgehead atoms. The number of nitrogens with one attached hydrogen (secondary N) is 1. The zero-order valence-corrected chi connectivity index (χ0v) is 20.6. The molecule has 0 radical (unpaired) electrons. The maximum atomic E-state index is 13.0. The Hall–Kier alpha value is -3.28. The molecule has 0 aliphatic carbocycles. The summed E-state index contributed by atoms with van der Waals surface area (Å²) < 4.78 is 0. The van der Waals surface area contributed by atoms with Crippen molar-refractivity contribution in [1.82, 2.24) is 15.2 Å². The molecule has 9 heteroatoms. The summed E-state index contributed by atoms with van der Waals surface area (Å²) in [4.78, 5) is 33.7. The highest BCUT2D eigenvalue weighted by Crippen LogP contribution is 2.30. The molecule has 2 aliphatic rings. The number of carbonyl (C=O) groups is 2. The molecule has 2 aromatic carbocycles. The lowest BCUT2D eigenvalue weighted by atomic mass is 9.91. The van der Waals surface area contributed by atoms with Crippen molar-refractivity contribution in [2.45, 2.75) is 12.5 Å². The number of amides is 2. The van der Waals surface area contributed by atoms with E-state index in [1.807, 2.05) is 30.3 Å². The van der Waals surface area contributed by atoms with E-state index in [0.717, 1.165) is 41.1 Å². The molecule has 2 fully saturated rings. The Bertz CT molecular complexity index is 1300. The van der Waals surface area contributed by atoms with E-state index in [1.165, 1.54) is 10.5 Å². The first-order chi connectivity index (χ1) is 17.0. The molecular formula is C26H24ClN5O2S. The van der Waals surface area contributed by atoms with E-state index < -0.39 is 6.04 Å². The quantitative estimate of drug-likeness (QED) is 0.549. The van der Waals surface area contributed by atoms with E-state index in [0.29, 0.717) is 23.1 Å². The van der Waals surface area contributed by atoms with E-state index >= 15 is 0 Å². The summed E-state index contributed by atoms with van der Waals surface area (Å²) in [5.74, 6) is 1.07. The molecule has 3 heterocycles. The van der Waals surface area contributed by atoms with Gasteiger partial charge in [-0.3, -0.25) is 14.6 Å². The molecule has 2 amide bonds. The number of hydrogen-bond donors (Lipinski definition) is 1. The highest BCUT2D eigenvalue weighted by atomic mass is 35.5. The third-order valence-electron chi connectivity index (χ3n) is 6.48. The fraction of sp³-hybridized carbons (Fsp3) is 0.308. The molecule has 7 nitrogen and oxygen atoms in total. The molecule has 2 saturated heterocycles. The second kappa shape index (κ2) is 10.1. The van der Waals surface area contributed by atoms with Crippen molar-refractivity contribution in [1.29, 1.82) is 5.26 Å². The lowest BCUT2D eigenvalue weighted by molar-refractivity contribution is -0.129. The predicted molar refractivity (Wildman–Crippen MR) is 139 cm³/mol. The minimum absolute atomic E-state index is 0.139. The predicted octanol–water partition coefficient (Wildman–Crippen LogP) is 3.72. The van der Waals surface area contributed by atoms with Crippen molar-refractivity contribution in [3.05, 3.63) is 70.9 Å². The van der Waals surface area contributed by atoms with Gasteiger partial charge in [0.2, 0.25) is 5.91 Å². The molecule has 1 atom stereocenters. The van der Waals surface area contributed by atoms with Crippen LogP contribution in [0, 0.1) is 17.2 Å². The van der Waals surface area contributed by atoms with Gasteiger partial charge in [-0.2, -0.15) is 5.26 Å². The monoisotopic (exact) mass is 505 g/mol. The van der Waals surface area contributed by atoms with Gasteiger partial charge >= 0.3 is 0 Å². The van der Waals surface area contributed by atoms with Crippen LogP contribution < -0.4 is 10.2 Å². The van der Waals surface area contributed by atoms with Crippen LogP contribution in [0.4, 0.5) is 5.69 Å². The lowest BCUT2D eigenvalue weighted by Gasteiger charge is -2.41. The second-order valence-corrected chi connectivity index (χ2v) is 10.3. The number of carbonyl (C=O) groups excluding carboxylic acids is 2. The van der Waals surface area contributed by atoms with Crippen molar-refractivity contribution >= 4 is 51.8 Å². The van der Waals surface area contributed by atoms with Gasteiger partial charge in [0.1, 0.15) is 6.04 Å². The molecule has 0 spiro atoms. The van der Waals surface area contributed by atoms with Crippen LogP contribution in [0.3, 0.4) is 0 Å². The van der Waals surface area contributed by atoms with Crippen LogP contribution in [0.5, 0.6) is 0 Å². The number of hydrogen-bond acceptors (Lipinski definition) is 6. The first kappa shape index (κ1) is 23.5. The molecule has 1 aromatic heterocycles. The molecular weight excluding hydrogens is 482 g/mol. The molecule has 178 valence electrons. The number of rotatable bonds is 6. The zero-order chi connectivity index (χ0) is 24.4.